The van der Waals surface area contributed by atoms with E-state index in [1.807, 2.05) is 38.1 Å². The summed E-state index contributed by atoms with van der Waals surface area (Å²) in [5.41, 5.74) is 1.43. The van der Waals surface area contributed by atoms with Crippen LogP contribution in [0.15, 0.2) is 53.5 Å². The lowest BCUT2D eigenvalue weighted by molar-refractivity contribution is 0.182. The van der Waals surface area contributed by atoms with Crippen molar-refractivity contribution in [1.29, 1.82) is 0 Å². The number of aliphatic hydroxyl groups excluding tert-OH is 1. The Kier molecular flexibility index (Phi) is 7.89. The normalized spacial score (nSPS) is 12.5. The van der Waals surface area contributed by atoms with Gasteiger partial charge in [-0.25, -0.2) is 4.39 Å². The molecule has 0 saturated carbocycles. The van der Waals surface area contributed by atoms with Crippen molar-refractivity contribution in [2.75, 3.05) is 26.2 Å². The van der Waals surface area contributed by atoms with Crippen molar-refractivity contribution in [3.05, 3.63) is 65.5 Å². The number of hydrogen-bond donors (Lipinski definition) is 3. The number of ether oxygens (including phenoxy) is 1. The molecule has 0 aromatic heterocycles. The van der Waals surface area contributed by atoms with Crippen LogP contribution in [-0.2, 0) is 0 Å². The van der Waals surface area contributed by atoms with E-state index in [4.69, 9.17) is 4.74 Å². The summed E-state index contributed by atoms with van der Waals surface area (Å²) in [5, 5.41) is 16.4. The third kappa shape index (κ3) is 6.37. The van der Waals surface area contributed by atoms with E-state index in [0.717, 1.165) is 5.75 Å². The number of hydrogen-bond acceptors (Lipinski definition) is 3. The molecule has 0 aliphatic carbocycles. The van der Waals surface area contributed by atoms with Gasteiger partial charge in [0, 0.05) is 12.1 Å². The molecule has 0 amide bonds. The largest absolute Gasteiger partial charge is 0.492 e. The van der Waals surface area contributed by atoms with Gasteiger partial charge in [-0.15, -0.1) is 0 Å². The molecular formula is C20H26FN3O2. The predicted molar refractivity (Wildman–Crippen MR) is 102 cm³/mol. The molecule has 0 spiro atoms. The number of aliphatic imine (C=N–C) groups is 1. The van der Waals surface area contributed by atoms with Gasteiger partial charge in [-0.1, -0.05) is 35.9 Å². The van der Waals surface area contributed by atoms with E-state index in [0.29, 0.717) is 25.7 Å². The minimum atomic E-state index is -0.990. The molecule has 3 N–H and O–H groups in total. The van der Waals surface area contributed by atoms with Gasteiger partial charge >= 0.3 is 0 Å². The summed E-state index contributed by atoms with van der Waals surface area (Å²) < 4.78 is 19.3. The molecule has 140 valence electrons. The molecule has 0 fully saturated rings. The summed E-state index contributed by atoms with van der Waals surface area (Å²) >= 11 is 0. The molecule has 0 saturated heterocycles. The number of aryl methyl sites for hydroxylation is 1. The van der Waals surface area contributed by atoms with Crippen molar-refractivity contribution >= 4 is 5.96 Å². The molecule has 26 heavy (non-hydrogen) atoms. The van der Waals surface area contributed by atoms with E-state index in [1.54, 1.807) is 18.2 Å². The van der Waals surface area contributed by atoms with E-state index in [9.17, 15) is 9.50 Å². The molecule has 2 aromatic rings. The molecule has 6 heteroatoms. The van der Waals surface area contributed by atoms with Crippen LogP contribution in [-0.4, -0.2) is 37.3 Å². The van der Waals surface area contributed by atoms with Crippen LogP contribution >= 0.6 is 0 Å². The van der Waals surface area contributed by atoms with Gasteiger partial charge in [-0.2, -0.15) is 0 Å². The number of benzene rings is 2. The Morgan fingerprint density at radius 2 is 1.88 bits per heavy atom. The fourth-order valence-electron chi connectivity index (χ4n) is 2.34. The number of nitrogens with zero attached hydrogens (tertiary/aromatic N) is 1. The van der Waals surface area contributed by atoms with Gasteiger partial charge < -0.3 is 20.5 Å². The minimum absolute atomic E-state index is 0.0646. The maximum atomic E-state index is 13.7. The smallest absolute Gasteiger partial charge is 0.191 e. The fourth-order valence-corrected chi connectivity index (χ4v) is 2.34. The zero-order chi connectivity index (χ0) is 18.8. The fraction of sp³-hybridized carbons (Fsp3) is 0.350. The number of rotatable bonds is 8. The van der Waals surface area contributed by atoms with Gasteiger partial charge in [0.05, 0.1) is 13.1 Å². The summed E-state index contributed by atoms with van der Waals surface area (Å²) in [5.74, 6) is 0.935. The molecule has 5 nitrogen and oxygen atoms in total. The Labute approximate surface area is 153 Å². The van der Waals surface area contributed by atoms with Crippen molar-refractivity contribution in [1.82, 2.24) is 10.6 Å². The van der Waals surface area contributed by atoms with Gasteiger partial charge in [-0.05, 0) is 32.0 Å². The molecule has 0 radical (unpaired) electrons. The highest BCUT2D eigenvalue weighted by molar-refractivity contribution is 5.79. The maximum Gasteiger partial charge on any atom is 0.191 e. The van der Waals surface area contributed by atoms with E-state index in [1.165, 1.54) is 11.6 Å². The maximum absolute atomic E-state index is 13.7. The molecular weight excluding hydrogens is 333 g/mol. The summed E-state index contributed by atoms with van der Waals surface area (Å²) in [6.45, 7) is 5.75. The van der Waals surface area contributed by atoms with Gasteiger partial charge in [-0.3, -0.25) is 4.99 Å². The first-order chi connectivity index (χ1) is 12.6. The molecule has 0 aliphatic rings. The third-order valence-corrected chi connectivity index (χ3v) is 3.71. The van der Waals surface area contributed by atoms with E-state index >= 15 is 0 Å². The Balaban J connectivity index is 1.82. The van der Waals surface area contributed by atoms with Crippen LogP contribution in [0.4, 0.5) is 4.39 Å². The lowest BCUT2D eigenvalue weighted by Crippen LogP contribution is -2.39. The Morgan fingerprint density at radius 1 is 1.15 bits per heavy atom. The van der Waals surface area contributed by atoms with Crippen molar-refractivity contribution in [3.63, 3.8) is 0 Å². The molecule has 2 rings (SSSR count). The van der Waals surface area contributed by atoms with Crippen LogP contribution in [0.3, 0.4) is 0 Å². The lowest BCUT2D eigenvalue weighted by atomic mass is 10.1. The summed E-state index contributed by atoms with van der Waals surface area (Å²) in [6.07, 6.45) is -0.990. The Hall–Kier alpha value is -2.60. The van der Waals surface area contributed by atoms with E-state index in [2.05, 4.69) is 15.6 Å². The molecule has 0 aliphatic heterocycles. The monoisotopic (exact) mass is 359 g/mol. The average molecular weight is 359 g/mol. The standard InChI is InChI=1S/C20H26FN3O2/c1-3-22-20(23-12-13-26-16-10-8-15(2)9-11-16)24-14-19(25)17-6-4-5-7-18(17)21/h4-11,19,25H,3,12-14H2,1-2H3,(H2,22,23,24). The van der Waals surface area contributed by atoms with E-state index in [-0.39, 0.29) is 12.1 Å². The molecule has 1 unspecified atom stereocenters. The minimum Gasteiger partial charge on any atom is -0.492 e. The average Bonchev–Trinajstić information content (AvgIpc) is 2.64. The molecule has 0 heterocycles. The number of aliphatic hydroxyl groups is 1. The number of nitrogens with one attached hydrogen (secondary N) is 2. The predicted octanol–water partition coefficient (Wildman–Crippen LogP) is 2.80. The van der Waals surface area contributed by atoms with Gasteiger partial charge in [0.15, 0.2) is 5.96 Å². The highest BCUT2D eigenvalue weighted by Gasteiger charge is 2.11. The summed E-state index contributed by atoms with van der Waals surface area (Å²) in [4.78, 5) is 4.31. The lowest BCUT2D eigenvalue weighted by Gasteiger charge is -2.14. The van der Waals surface area contributed by atoms with Gasteiger partial charge in [0.1, 0.15) is 24.3 Å². The molecule has 1 atom stereocenters. The second kappa shape index (κ2) is 10.4. The summed E-state index contributed by atoms with van der Waals surface area (Å²) in [7, 11) is 0. The van der Waals surface area contributed by atoms with Crippen LogP contribution in [0, 0.1) is 12.7 Å². The first-order valence-electron chi connectivity index (χ1n) is 8.74. The number of halogens is 1. The third-order valence-electron chi connectivity index (χ3n) is 3.71. The molecule has 0 bridgehead atoms. The topological polar surface area (TPSA) is 65.9 Å². The first kappa shape index (κ1) is 19.7. The van der Waals surface area contributed by atoms with Gasteiger partial charge in [0.2, 0.25) is 0 Å². The zero-order valence-electron chi connectivity index (χ0n) is 15.2. The van der Waals surface area contributed by atoms with Crippen LogP contribution in [0.2, 0.25) is 0 Å². The van der Waals surface area contributed by atoms with E-state index < -0.39 is 11.9 Å². The van der Waals surface area contributed by atoms with Crippen molar-refractivity contribution in [3.8, 4) is 5.75 Å². The summed E-state index contributed by atoms with van der Waals surface area (Å²) in [6, 6.07) is 14.0. The highest BCUT2D eigenvalue weighted by atomic mass is 19.1. The van der Waals surface area contributed by atoms with Crippen LogP contribution < -0.4 is 15.4 Å². The van der Waals surface area contributed by atoms with Crippen molar-refractivity contribution < 1.29 is 14.2 Å². The van der Waals surface area contributed by atoms with Gasteiger partial charge in [0.25, 0.3) is 0 Å². The Bertz CT molecular complexity index is 704. The second-order valence-electron chi connectivity index (χ2n) is 5.85. The van der Waals surface area contributed by atoms with Crippen LogP contribution in [0.5, 0.6) is 5.75 Å². The van der Waals surface area contributed by atoms with Crippen LogP contribution in [0.25, 0.3) is 0 Å². The highest BCUT2D eigenvalue weighted by Crippen LogP contribution is 2.16. The number of guanidine groups is 1. The Morgan fingerprint density at radius 3 is 2.58 bits per heavy atom. The first-order valence-corrected chi connectivity index (χ1v) is 8.74. The van der Waals surface area contributed by atoms with Crippen molar-refractivity contribution in [2.24, 2.45) is 4.99 Å². The van der Waals surface area contributed by atoms with Crippen molar-refractivity contribution in [2.45, 2.75) is 20.0 Å². The van der Waals surface area contributed by atoms with Crippen LogP contribution in [0.1, 0.15) is 24.2 Å². The zero-order valence-corrected chi connectivity index (χ0v) is 15.2. The second-order valence-corrected chi connectivity index (χ2v) is 5.85. The quantitative estimate of drug-likeness (QED) is 0.385. The molecule has 2 aromatic carbocycles. The SMILES string of the molecule is CCNC(=NCC(O)c1ccccc1F)NCCOc1ccc(C)cc1.